The minimum absolute atomic E-state index is 0. The molecule has 1 amide bonds. The topological polar surface area (TPSA) is 70.1 Å². The van der Waals surface area contributed by atoms with Crippen LogP contribution >= 0.6 is 12.4 Å². The van der Waals surface area contributed by atoms with Crippen LogP contribution in [0.5, 0.6) is 0 Å². The zero-order chi connectivity index (χ0) is 12.5. The molecule has 1 aromatic heterocycles. The third kappa shape index (κ3) is 2.72. The maximum Gasteiger partial charge on any atom is 0.248 e. The number of amides is 1. The predicted octanol–water partition coefficient (Wildman–Crippen LogP) is 1.91. The van der Waals surface area contributed by atoms with E-state index in [0.717, 1.165) is 37.0 Å². The van der Waals surface area contributed by atoms with Crippen LogP contribution in [-0.4, -0.2) is 28.9 Å². The third-order valence-electron chi connectivity index (χ3n) is 3.37. The Hall–Kier alpha value is -1.59. The molecular formula is C13H16ClN3O2. The van der Waals surface area contributed by atoms with Gasteiger partial charge in [0.15, 0.2) is 0 Å². The van der Waals surface area contributed by atoms with Crippen LogP contribution in [0.1, 0.15) is 29.2 Å². The predicted molar refractivity (Wildman–Crippen MR) is 74.6 cm³/mol. The Labute approximate surface area is 117 Å². The molecule has 6 heteroatoms. The zero-order valence-electron chi connectivity index (χ0n) is 10.4. The van der Waals surface area contributed by atoms with Gasteiger partial charge in [0, 0.05) is 30.4 Å². The van der Waals surface area contributed by atoms with Crippen molar-refractivity contribution in [2.24, 2.45) is 5.73 Å². The number of rotatable bonds is 2. The molecule has 2 heterocycles. The fourth-order valence-corrected chi connectivity index (χ4v) is 2.33. The van der Waals surface area contributed by atoms with Crippen LogP contribution in [0.3, 0.4) is 0 Å². The summed E-state index contributed by atoms with van der Waals surface area (Å²) in [5.74, 6) is -0.407. The van der Waals surface area contributed by atoms with E-state index >= 15 is 0 Å². The second-order valence-corrected chi connectivity index (χ2v) is 4.59. The SMILES string of the molecule is Cl.NC(=O)c1ccc2nn(C3CCOCC3)cc2c1. The van der Waals surface area contributed by atoms with Crippen LogP contribution in [-0.2, 0) is 4.74 Å². The third-order valence-corrected chi connectivity index (χ3v) is 3.37. The molecule has 1 aliphatic heterocycles. The Balaban J connectivity index is 0.00000133. The van der Waals surface area contributed by atoms with Gasteiger partial charge in [0.1, 0.15) is 0 Å². The number of aromatic nitrogens is 2. The lowest BCUT2D eigenvalue weighted by atomic mass is 10.1. The summed E-state index contributed by atoms with van der Waals surface area (Å²) in [5, 5.41) is 5.50. The van der Waals surface area contributed by atoms with E-state index in [1.807, 2.05) is 16.9 Å². The first-order valence-corrected chi connectivity index (χ1v) is 6.10. The highest BCUT2D eigenvalue weighted by atomic mass is 35.5. The Bertz CT molecular complexity index is 591. The number of nitrogens with two attached hydrogens (primary N) is 1. The number of fused-ring (bicyclic) bond motifs is 1. The minimum atomic E-state index is -0.407. The molecule has 102 valence electrons. The smallest absolute Gasteiger partial charge is 0.248 e. The summed E-state index contributed by atoms with van der Waals surface area (Å²) in [4.78, 5) is 11.1. The van der Waals surface area contributed by atoms with Gasteiger partial charge in [0.05, 0.1) is 11.6 Å². The van der Waals surface area contributed by atoms with Gasteiger partial charge in [0.25, 0.3) is 0 Å². The van der Waals surface area contributed by atoms with E-state index in [4.69, 9.17) is 10.5 Å². The Kier molecular flexibility index (Phi) is 4.07. The largest absolute Gasteiger partial charge is 0.381 e. The van der Waals surface area contributed by atoms with Gasteiger partial charge in [-0.2, -0.15) is 5.10 Å². The van der Waals surface area contributed by atoms with Gasteiger partial charge in [-0.05, 0) is 31.0 Å². The van der Waals surface area contributed by atoms with Crippen molar-refractivity contribution in [3.05, 3.63) is 30.0 Å². The molecule has 1 aromatic carbocycles. The van der Waals surface area contributed by atoms with Gasteiger partial charge in [-0.15, -0.1) is 12.4 Å². The Morgan fingerprint density at radius 3 is 2.79 bits per heavy atom. The molecule has 0 atom stereocenters. The van der Waals surface area contributed by atoms with E-state index in [2.05, 4.69) is 5.10 Å². The van der Waals surface area contributed by atoms with E-state index < -0.39 is 5.91 Å². The Morgan fingerprint density at radius 2 is 2.11 bits per heavy atom. The summed E-state index contributed by atoms with van der Waals surface area (Å²) in [6.45, 7) is 1.57. The van der Waals surface area contributed by atoms with E-state index in [-0.39, 0.29) is 12.4 Å². The highest BCUT2D eigenvalue weighted by molar-refractivity contribution is 5.96. The molecule has 2 aromatic rings. The lowest BCUT2D eigenvalue weighted by molar-refractivity contribution is 0.0664. The first kappa shape index (κ1) is 13.8. The second-order valence-electron chi connectivity index (χ2n) is 4.59. The number of ether oxygens (including phenoxy) is 1. The lowest BCUT2D eigenvalue weighted by Crippen LogP contribution is -2.19. The summed E-state index contributed by atoms with van der Waals surface area (Å²) >= 11 is 0. The molecular weight excluding hydrogens is 266 g/mol. The summed E-state index contributed by atoms with van der Waals surface area (Å²) < 4.78 is 7.33. The number of primary amides is 1. The molecule has 3 rings (SSSR count). The van der Waals surface area contributed by atoms with Crippen LogP contribution in [0.4, 0.5) is 0 Å². The number of carbonyl (C=O) groups is 1. The van der Waals surface area contributed by atoms with Crippen molar-refractivity contribution in [2.45, 2.75) is 18.9 Å². The van der Waals surface area contributed by atoms with Crippen molar-refractivity contribution >= 4 is 29.2 Å². The maximum absolute atomic E-state index is 11.1. The molecule has 19 heavy (non-hydrogen) atoms. The van der Waals surface area contributed by atoms with Crippen molar-refractivity contribution in [3.8, 4) is 0 Å². The number of benzene rings is 1. The average molecular weight is 282 g/mol. The summed E-state index contributed by atoms with van der Waals surface area (Å²) in [6, 6.07) is 5.74. The standard InChI is InChI=1S/C13H15N3O2.ClH/c14-13(17)9-1-2-12-10(7-9)8-16(15-12)11-3-5-18-6-4-11;/h1-2,7-8,11H,3-6H2,(H2,14,17);1H. The monoisotopic (exact) mass is 281 g/mol. The van der Waals surface area contributed by atoms with E-state index in [1.54, 1.807) is 12.1 Å². The normalized spacial score (nSPS) is 16.2. The highest BCUT2D eigenvalue weighted by Crippen LogP contribution is 2.23. The van der Waals surface area contributed by atoms with Crippen LogP contribution < -0.4 is 5.73 Å². The molecule has 1 fully saturated rings. The number of nitrogens with zero attached hydrogens (tertiary/aromatic N) is 2. The van der Waals surface area contributed by atoms with Gasteiger partial charge in [-0.1, -0.05) is 0 Å². The molecule has 0 radical (unpaired) electrons. The quantitative estimate of drug-likeness (QED) is 0.914. The van der Waals surface area contributed by atoms with Crippen LogP contribution in [0.15, 0.2) is 24.4 Å². The van der Waals surface area contributed by atoms with Gasteiger partial charge in [-0.25, -0.2) is 0 Å². The molecule has 0 unspecified atom stereocenters. The molecule has 1 aliphatic rings. The molecule has 2 N–H and O–H groups in total. The van der Waals surface area contributed by atoms with Crippen LogP contribution in [0.2, 0.25) is 0 Å². The zero-order valence-corrected chi connectivity index (χ0v) is 11.2. The molecule has 5 nitrogen and oxygen atoms in total. The molecule has 0 bridgehead atoms. The van der Waals surface area contributed by atoms with Crippen molar-refractivity contribution in [3.63, 3.8) is 0 Å². The fourth-order valence-electron chi connectivity index (χ4n) is 2.33. The molecule has 0 saturated carbocycles. The highest BCUT2D eigenvalue weighted by Gasteiger charge is 2.17. The lowest BCUT2D eigenvalue weighted by Gasteiger charge is -2.22. The first-order valence-electron chi connectivity index (χ1n) is 6.10. The van der Waals surface area contributed by atoms with Gasteiger partial charge < -0.3 is 10.5 Å². The van der Waals surface area contributed by atoms with Gasteiger partial charge >= 0.3 is 0 Å². The number of hydrogen-bond acceptors (Lipinski definition) is 3. The van der Waals surface area contributed by atoms with E-state index in [1.165, 1.54) is 0 Å². The van der Waals surface area contributed by atoms with Crippen LogP contribution in [0.25, 0.3) is 10.9 Å². The minimum Gasteiger partial charge on any atom is -0.381 e. The second kappa shape index (κ2) is 5.59. The number of carbonyl (C=O) groups excluding carboxylic acids is 1. The summed E-state index contributed by atoms with van der Waals surface area (Å²) in [6.07, 6.45) is 3.95. The van der Waals surface area contributed by atoms with Crippen molar-refractivity contribution in [2.75, 3.05) is 13.2 Å². The van der Waals surface area contributed by atoms with Crippen molar-refractivity contribution in [1.82, 2.24) is 9.78 Å². The molecule has 0 spiro atoms. The average Bonchev–Trinajstić information content (AvgIpc) is 2.82. The van der Waals surface area contributed by atoms with Crippen molar-refractivity contribution in [1.29, 1.82) is 0 Å². The molecule has 0 aliphatic carbocycles. The molecule has 1 saturated heterocycles. The van der Waals surface area contributed by atoms with Crippen molar-refractivity contribution < 1.29 is 9.53 Å². The first-order chi connectivity index (χ1) is 8.74. The van der Waals surface area contributed by atoms with Gasteiger partial charge in [0.2, 0.25) is 5.91 Å². The summed E-state index contributed by atoms with van der Waals surface area (Å²) in [7, 11) is 0. The number of hydrogen-bond donors (Lipinski definition) is 1. The van der Waals surface area contributed by atoms with Gasteiger partial charge in [-0.3, -0.25) is 9.48 Å². The number of halogens is 1. The maximum atomic E-state index is 11.1. The fraction of sp³-hybridized carbons (Fsp3) is 0.385. The van der Waals surface area contributed by atoms with Crippen LogP contribution in [0, 0.1) is 0 Å². The Morgan fingerprint density at radius 1 is 1.37 bits per heavy atom. The van der Waals surface area contributed by atoms with E-state index in [9.17, 15) is 4.79 Å². The van der Waals surface area contributed by atoms with E-state index in [0.29, 0.717) is 11.6 Å². The summed E-state index contributed by atoms with van der Waals surface area (Å²) in [5.41, 5.74) is 6.69.